The van der Waals surface area contributed by atoms with Crippen LogP contribution in [0.1, 0.15) is 16.8 Å². The lowest BCUT2D eigenvalue weighted by Crippen LogP contribution is -2.16. The van der Waals surface area contributed by atoms with Crippen LogP contribution in [0.3, 0.4) is 0 Å². The van der Waals surface area contributed by atoms with Gasteiger partial charge in [0.2, 0.25) is 0 Å². The van der Waals surface area contributed by atoms with Crippen LogP contribution in [-0.2, 0) is 0 Å². The third-order valence-electron chi connectivity index (χ3n) is 3.44. The Morgan fingerprint density at radius 2 is 1.78 bits per heavy atom. The van der Waals surface area contributed by atoms with E-state index < -0.39 is 6.36 Å². The van der Waals surface area contributed by atoms with E-state index in [1.54, 1.807) is 30.4 Å². The molecule has 3 aromatic rings. The molecule has 0 atom stereocenters. The summed E-state index contributed by atoms with van der Waals surface area (Å²) in [6.45, 7) is 0. The maximum absolute atomic E-state index is 12.2. The van der Waals surface area contributed by atoms with Crippen LogP contribution in [0.2, 0.25) is 5.02 Å². The van der Waals surface area contributed by atoms with Crippen molar-refractivity contribution in [2.24, 2.45) is 0 Å². The Balaban J connectivity index is 1.82. The minimum Gasteiger partial charge on any atom is -0.406 e. The van der Waals surface area contributed by atoms with Gasteiger partial charge in [-0.15, -0.1) is 18.3 Å². The first-order valence-electron chi connectivity index (χ1n) is 7.50. The molecule has 0 saturated carbocycles. The number of hydrogen-bond donors (Lipinski definition) is 1. The van der Waals surface area contributed by atoms with Gasteiger partial charge in [-0.3, -0.25) is 0 Å². The van der Waals surface area contributed by atoms with Gasteiger partial charge >= 0.3 is 6.36 Å². The number of H-pyrrole nitrogens is 1. The van der Waals surface area contributed by atoms with Crippen molar-refractivity contribution in [1.82, 2.24) is 15.4 Å². The predicted molar refractivity (Wildman–Crippen MR) is 93.6 cm³/mol. The molecule has 1 N–H and O–H groups in total. The molecule has 0 spiro atoms. The number of halogens is 4. The first-order chi connectivity index (χ1) is 12.8. The monoisotopic (exact) mass is 390 g/mol. The molecule has 0 radical (unpaired) electrons. The first kappa shape index (κ1) is 18.5. The number of ether oxygens (including phenoxy) is 1. The molecule has 0 bridgehead atoms. The average Bonchev–Trinajstić information content (AvgIpc) is 3.08. The zero-order valence-corrected chi connectivity index (χ0v) is 14.2. The summed E-state index contributed by atoms with van der Waals surface area (Å²) in [6, 6.07) is 12.5. The first-order valence-corrected chi connectivity index (χ1v) is 7.88. The van der Waals surface area contributed by atoms with Crippen molar-refractivity contribution in [2.45, 2.75) is 6.36 Å². The summed E-state index contributed by atoms with van der Waals surface area (Å²) < 4.78 is 40.4. The van der Waals surface area contributed by atoms with E-state index in [-0.39, 0.29) is 11.4 Å². The van der Waals surface area contributed by atoms with Gasteiger partial charge in [0, 0.05) is 10.6 Å². The van der Waals surface area contributed by atoms with E-state index in [0.29, 0.717) is 21.8 Å². The van der Waals surface area contributed by atoms with Gasteiger partial charge in [-0.2, -0.15) is 5.26 Å². The van der Waals surface area contributed by atoms with Crippen molar-refractivity contribution in [3.63, 3.8) is 0 Å². The third-order valence-corrected chi connectivity index (χ3v) is 3.65. The zero-order valence-electron chi connectivity index (χ0n) is 13.5. The Labute approximate surface area is 156 Å². The molecule has 136 valence electrons. The van der Waals surface area contributed by atoms with Gasteiger partial charge in [0.1, 0.15) is 17.5 Å². The van der Waals surface area contributed by atoms with Crippen LogP contribution in [0.25, 0.3) is 23.4 Å². The molecule has 9 heteroatoms. The fraction of sp³-hybridized carbons (Fsp3) is 0.0556. The van der Waals surface area contributed by atoms with E-state index in [4.69, 9.17) is 16.9 Å². The Hall–Kier alpha value is -3.31. The highest BCUT2D eigenvalue weighted by Gasteiger charge is 2.30. The van der Waals surface area contributed by atoms with Gasteiger partial charge in [-0.1, -0.05) is 41.1 Å². The van der Waals surface area contributed by atoms with E-state index >= 15 is 0 Å². The lowest BCUT2D eigenvalue weighted by atomic mass is 10.1. The maximum atomic E-state index is 12.2. The summed E-state index contributed by atoms with van der Waals surface area (Å²) in [7, 11) is 0. The molecule has 0 fully saturated rings. The Bertz CT molecular complexity index is 1020. The van der Waals surface area contributed by atoms with Crippen molar-refractivity contribution in [3.05, 3.63) is 64.3 Å². The standard InChI is InChI=1S/C18H10ClF3N4O/c19-14-8-12(7-13(9-14)17-16(10-23)24-26-25-17)2-1-11-3-5-15(6-4-11)27-18(20,21)22/h1-9H,(H,24,25,26)/b2-1+. The molecule has 5 nitrogen and oxygen atoms in total. The summed E-state index contributed by atoms with van der Waals surface area (Å²) in [4.78, 5) is 0. The van der Waals surface area contributed by atoms with E-state index in [2.05, 4.69) is 20.1 Å². The maximum Gasteiger partial charge on any atom is 0.573 e. The number of nitrogens with zero attached hydrogens (tertiary/aromatic N) is 3. The van der Waals surface area contributed by atoms with Crippen LogP contribution in [0.4, 0.5) is 13.2 Å². The highest BCUT2D eigenvalue weighted by Crippen LogP contribution is 2.26. The number of benzene rings is 2. The van der Waals surface area contributed by atoms with Gasteiger partial charge in [0.25, 0.3) is 0 Å². The fourth-order valence-corrected chi connectivity index (χ4v) is 2.57. The van der Waals surface area contributed by atoms with Gasteiger partial charge in [-0.25, -0.2) is 5.10 Å². The van der Waals surface area contributed by atoms with Crippen LogP contribution in [0.15, 0.2) is 42.5 Å². The van der Waals surface area contributed by atoms with E-state index in [0.717, 1.165) is 5.56 Å². The van der Waals surface area contributed by atoms with E-state index in [1.165, 1.54) is 24.3 Å². The highest BCUT2D eigenvalue weighted by molar-refractivity contribution is 6.31. The van der Waals surface area contributed by atoms with Crippen molar-refractivity contribution in [3.8, 4) is 23.1 Å². The Kier molecular flexibility index (Phi) is 5.14. The molecule has 0 saturated heterocycles. The van der Waals surface area contributed by atoms with Crippen LogP contribution in [0.5, 0.6) is 5.75 Å². The molecular weight excluding hydrogens is 381 g/mol. The summed E-state index contributed by atoms with van der Waals surface area (Å²) >= 11 is 6.13. The van der Waals surface area contributed by atoms with Gasteiger partial charge in [0.15, 0.2) is 5.69 Å². The lowest BCUT2D eigenvalue weighted by Gasteiger charge is -2.08. The Morgan fingerprint density at radius 1 is 1.07 bits per heavy atom. The molecule has 1 heterocycles. The molecule has 0 unspecified atom stereocenters. The highest BCUT2D eigenvalue weighted by atomic mass is 35.5. The van der Waals surface area contributed by atoms with Gasteiger partial charge in [-0.05, 0) is 41.5 Å². The van der Waals surface area contributed by atoms with Crippen molar-refractivity contribution in [1.29, 1.82) is 5.26 Å². The molecule has 1 aromatic heterocycles. The number of alkyl halides is 3. The smallest absolute Gasteiger partial charge is 0.406 e. The fourth-order valence-electron chi connectivity index (χ4n) is 2.33. The zero-order chi connectivity index (χ0) is 19.4. The molecule has 0 amide bonds. The summed E-state index contributed by atoms with van der Waals surface area (Å²) in [6.07, 6.45) is -1.28. The molecular formula is C18H10ClF3N4O. The quantitative estimate of drug-likeness (QED) is 0.631. The number of aromatic nitrogens is 3. The van der Waals surface area contributed by atoms with E-state index in [1.807, 2.05) is 6.07 Å². The van der Waals surface area contributed by atoms with E-state index in [9.17, 15) is 13.2 Å². The summed E-state index contributed by atoms with van der Waals surface area (Å²) in [5.74, 6) is -0.292. The third kappa shape index (κ3) is 4.86. The van der Waals surface area contributed by atoms with Gasteiger partial charge < -0.3 is 4.74 Å². The number of hydrogen-bond acceptors (Lipinski definition) is 4. The largest absolute Gasteiger partial charge is 0.573 e. The predicted octanol–water partition coefficient (Wildman–Crippen LogP) is 5.07. The molecule has 27 heavy (non-hydrogen) atoms. The second-order valence-electron chi connectivity index (χ2n) is 5.37. The SMILES string of the molecule is N#Cc1[nH]nnc1-c1cc(Cl)cc(/C=C/c2ccc(OC(F)(F)F)cc2)c1. The van der Waals surface area contributed by atoms with Gasteiger partial charge in [0.05, 0.1) is 0 Å². The summed E-state index contributed by atoms with van der Waals surface area (Å²) in [5, 5.41) is 19.5. The van der Waals surface area contributed by atoms with Crippen LogP contribution >= 0.6 is 11.6 Å². The average molecular weight is 391 g/mol. The minimum atomic E-state index is -4.72. The molecule has 3 rings (SSSR count). The number of nitriles is 1. The number of nitrogens with one attached hydrogen (secondary N) is 1. The molecule has 0 aliphatic rings. The topological polar surface area (TPSA) is 74.6 Å². The number of rotatable bonds is 4. The second-order valence-corrected chi connectivity index (χ2v) is 5.81. The number of aromatic amines is 1. The summed E-state index contributed by atoms with van der Waals surface area (Å²) in [5.41, 5.74) is 2.60. The van der Waals surface area contributed by atoms with Crippen LogP contribution in [-0.4, -0.2) is 21.8 Å². The lowest BCUT2D eigenvalue weighted by molar-refractivity contribution is -0.274. The molecule has 2 aromatic carbocycles. The van der Waals surface area contributed by atoms with Crippen molar-refractivity contribution in [2.75, 3.05) is 0 Å². The van der Waals surface area contributed by atoms with Crippen LogP contribution < -0.4 is 4.74 Å². The van der Waals surface area contributed by atoms with Crippen LogP contribution in [0, 0.1) is 11.3 Å². The molecule has 0 aliphatic carbocycles. The Morgan fingerprint density at radius 3 is 2.44 bits per heavy atom. The normalized spacial score (nSPS) is 11.5. The molecule has 0 aliphatic heterocycles. The minimum absolute atomic E-state index is 0.215. The second kappa shape index (κ2) is 7.51. The van der Waals surface area contributed by atoms with Crippen molar-refractivity contribution >= 4 is 23.8 Å². The van der Waals surface area contributed by atoms with Crippen molar-refractivity contribution < 1.29 is 17.9 Å².